The van der Waals surface area contributed by atoms with E-state index in [0.29, 0.717) is 0 Å². The summed E-state index contributed by atoms with van der Waals surface area (Å²) in [6.07, 6.45) is 0. The summed E-state index contributed by atoms with van der Waals surface area (Å²) in [6.45, 7) is 3.78. The lowest BCUT2D eigenvalue weighted by Gasteiger charge is -2.16. The number of nitrogens with zero attached hydrogens (tertiary/aromatic N) is 1. The average molecular weight is 175 g/mol. The number of nitriles is 1. The van der Waals surface area contributed by atoms with Gasteiger partial charge in [-0.3, -0.25) is 0 Å². The van der Waals surface area contributed by atoms with Gasteiger partial charge in [0.2, 0.25) is 0 Å². The van der Waals surface area contributed by atoms with Crippen molar-refractivity contribution >= 4 is 0 Å². The fraction of sp³-hybridized carbons (Fsp3) is 0.364. The molecule has 0 aliphatic carbocycles. The first-order valence-electron chi connectivity index (χ1n) is 4.16. The summed E-state index contributed by atoms with van der Waals surface area (Å²) >= 11 is 0. The molecule has 0 atom stereocenters. The maximum Gasteiger partial charge on any atom is 0.119 e. The normalized spacial score (nSPS) is 10.6. The zero-order valence-electron chi connectivity index (χ0n) is 8.16. The standard InChI is InChI=1S/C11H13NO/c1-11(2,8-12)9-5-4-6-10(7-9)13-3/h4-7H,1-3H3. The molecule has 68 valence electrons. The molecule has 0 bridgehead atoms. The maximum absolute atomic E-state index is 8.92. The zero-order valence-corrected chi connectivity index (χ0v) is 8.16. The van der Waals surface area contributed by atoms with E-state index >= 15 is 0 Å². The second kappa shape index (κ2) is 3.49. The highest BCUT2D eigenvalue weighted by Crippen LogP contribution is 2.25. The Kier molecular flexibility index (Phi) is 2.57. The van der Waals surface area contributed by atoms with Crippen molar-refractivity contribution in [2.45, 2.75) is 19.3 Å². The molecule has 0 unspecified atom stereocenters. The number of hydrogen-bond donors (Lipinski definition) is 0. The van der Waals surface area contributed by atoms with Crippen LogP contribution in [0.3, 0.4) is 0 Å². The van der Waals surface area contributed by atoms with Gasteiger partial charge >= 0.3 is 0 Å². The molecule has 0 spiro atoms. The minimum absolute atomic E-state index is 0.450. The van der Waals surface area contributed by atoms with Gasteiger partial charge in [0.25, 0.3) is 0 Å². The predicted octanol–water partition coefficient (Wildman–Crippen LogP) is 2.50. The van der Waals surface area contributed by atoms with Crippen LogP contribution in [0.5, 0.6) is 5.75 Å². The van der Waals surface area contributed by atoms with Crippen molar-refractivity contribution in [2.75, 3.05) is 7.11 Å². The van der Waals surface area contributed by atoms with E-state index in [9.17, 15) is 0 Å². The lowest BCUT2D eigenvalue weighted by Crippen LogP contribution is -2.13. The van der Waals surface area contributed by atoms with Crippen molar-refractivity contribution in [1.82, 2.24) is 0 Å². The molecule has 0 aliphatic heterocycles. The number of methoxy groups -OCH3 is 1. The summed E-state index contributed by atoms with van der Waals surface area (Å²) in [6, 6.07) is 9.85. The highest BCUT2D eigenvalue weighted by atomic mass is 16.5. The molecule has 0 aromatic heterocycles. The first-order chi connectivity index (χ1) is 6.10. The lowest BCUT2D eigenvalue weighted by atomic mass is 9.86. The van der Waals surface area contributed by atoms with E-state index < -0.39 is 5.41 Å². The van der Waals surface area contributed by atoms with E-state index in [1.165, 1.54) is 0 Å². The first kappa shape index (κ1) is 9.60. The third-order valence-electron chi connectivity index (χ3n) is 2.07. The predicted molar refractivity (Wildman–Crippen MR) is 51.6 cm³/mol. The lowest BCUT2D eigenvalue weighted by molar-refractivity contribution is 0.413. The summed E-state index contributed by atoms with van der Waals surface area (Å²) in [7, 11) is 1.62. The van der Waals surface area contributed by atoms with Gasteiger partial charge in [0.1, 0.15) is 5.75 Å². The highest BCUT2D eigenvalue weighted by Gasteiger charge is 2.19. The van der Waals surface area contributed by atoms with Gasteiger partial charge in [0.05, 0.1) is 18.6 Å². The van der Waals surface area contributed by atoms with Crippen LogP contribution in [0.25, 0.3) is 0 Å². The van der Waals surface area contributed by atoms with Crippen LogP contribution in [0.4, 0.5) is 0 Å². The molecule has 0 saturated carbocycles. The topological polar surface area (TPSA) is 33.0 Å². The molecule has 13 heavy (non-hydrogen) atoms. The van der Waals surface area contributed by atoms with Crippen molar-refractivity contribution in [1.29, 1.82) is 5.26 Å². The molecule has 1 rings (SSSR count). The molecule has 1 aromatic rings. The van der Waals surface area contributed by atoms with Gasteiger partial charge in [0, 0.05) is 0 Å². The Morgan fingerprint density at radius 3 is 2.62 bits per heavy atom. The molecule has 2 nitrogen and oxygen atoms in total. The third kappa shape index (κ3) is 2.00. The van der Waals surface area contributed by atoms with E-state index in [1.807, 2.05) is 38.1 Å². The van der Waals surface area contributed by atoms with Gasteiger partial charge in [0.15, 0.2) is 0 Å². The van der Waals surface area contributed by atoms with Crippen LogP contribution < -0.4 is 4.74 Å². The van der Waals surface area contributed by atoms with Crippen molar-refractivity contribution in [3.63, 3.8) is 0 Å². The van der Waals surface area contributed by atoms with E-state index in [2.05, 4.69) is 6.07 Å². The van der Waals surface area contributed by atoms with Gasteiger partial charge in [-0.05, 0) is 31.5 Å². The van der Waals surface area contributed by atoms with Gasteiger partial charge in [-0.2, -0.15) is 5.26 Å². The largest absolute Gasteiger partial charge is 0.497 e. The first-order valence-corrected chi connectivity index (χ1v) is 4.16. The van der Waals surface area contributed by atoms with Crippen LogP contribution in [-0.2, 0) is 5.41 Å². The maximum atomic E-state index is 8.92. The van der Waals surface area contributed by atoms with Gasteiger partial charge in [-0.15, -0.1) is 0 Å². The number of hydrogen-bond acceptors (Lipinski definition) is 2. The summed E-state index contributed by atoms with van der Waals surface area (Å²) in [5, 5.41) is 8.92. The molecule has 0 amide bonds. The van der Waals surface area contributed by atoms with Crippen LogP contribution in [0.15, 0.2) is 24.3 Å². The molecular formula is C11H13NO. The fourth-order valence-electron chi connectivity index (χ4n) is 1.08. The Morgan fingerprint density at radius 2 is 2.08 bits per heavy atom. The second-order valence-electron chi connectivity index (χ2n) is 3.47. The van der Waals surface area contributed by atoms with Crippen LogP contribution in [0.2, 0.25) is 0 Å². The van der Waals surface area contributed by atoms with E-state index in [0.717, 1.165) is 11.3 Å². The SMILES string of the molecule is COc1cccc(C(C)(C)C#N)c1. The fourth-order valence-corrected chi connectivity index (χ4v) is 1.08. The van der Waals surface area contributed by atoms with Gasteiger partial charge < -0.3 is 4.74 Å². The Hall–Kier alpha value is -1.49. The van der Waals surface area contributed by atoms with Gasteiger partial charge in [-0.25, -0.2) is 0 Å². The van der Waals surface area contributed by atoms with Crippen LogP contribution in [-0.4, -0.2) is 7.11 Å². The molecule has 0 aliphatic rings. The van der Waals surface area contributed by atoms with E-state index in [4.69, 9.17) is 10.00 Å². The Bertz CT molecular complexity index is 336. The van der Waals surface area contributed by atoms with Crippen LogP contribution >= 0.6 is 0 Å². The Balaban J connectivity index is 3.10. The van der Waals surface area contributed by atoms with Crippen molar-refractivity contribution < 1.29 is 4.74 Å². The molecule has 2 heteroatoms. The summed E-state index contributed by atoms with van der Waals surface area (Å²) in [4.78, 5) is 0. The molecule has 0 N–H and O–H groups in total. The van der Waals surface area contributed by atoms with Crippen LogP contribution in [0.1, 0.15) is 19.4 Å². The minimum Gasteiger partial charge on any atom is -0.497 e. The molecular weight excluding hydrogens is 162 g/mol. The molecule has 0 heterocycles. The Labute approximate surface area is 78.8 Å². The molecule has 0 saturated heterocycles. The van der Waals surface area contributed by atoms with E-state index in [-0.39, 0.29) is 0 Å². The third-order valence-corrected chi connectivity index (χ3v) is 2.07. The average Bonchev–Trinajstić information content (AvgIpc) is 2.18. The Morgan fingerprint density at radius 1 is 1.38 bits per heavy atom. The summed E-state index contributed by atoms with van der Waals surface area (Å²) < 4.78 is 5.09. The second-order valence-corrected chi connectivity index (χ2v) is 3.47. The minimum atomic E-state index is -0.450. The van der Waals surface area contributed by atoms with Crippen LogP contribution in [0, 0.1) is 11.3 Å². The number of benzene rings is 1. The summed E-state index contributed by atoms with van der Waals surface area (Å²) in [5.41, 5.74) is 0.531. The molecule has 1 aromatic carbocycles. The number of ether oxygens (including phenoxy) is 1. The van der Waals surface area contributed by atoms with Crippen molar-refractivity contribution in [3.8, 4) is 11.8 Å². The van der Waals surface area contributed by atoms with E-state index in [1.54, 1.807) is 7.11 Å². The number of rotatable bonds is 2. The zero-order chi connectivity index (χ0) is 9.90. The highest BCUT2D eigenvalue weighted by molar-refractivity contribution is 5.36. The molecule has 0 radical (unpaired) electrons. The quantitative estimate of drug-likeness (QED) is 0.691. The molecule has 0 fully saturated rings. The summed E-state index contributed by atoms with van der Waals surface area (Å²) in [5.74, 6) is 0.792. The van der Waals surface area contributed by atoms with Crippen molar-refractivity contribution in [3.05, 3.63) is 29.8 Å². The monoisotopic (exact) mass is 175 g/mol. The smallest absolute Gasteiger partial charge is 0.119 e. The van der Waals surface area contributed by atoms with Crippen molar-refractivity contribution in [2.24, 2.45) is 0 Å². The van der Waals surface area contributed by atoms with Gasteiger partial charge in [-0.1, -0.05) is 12.1 Å².